The van der Waals surface area contributed by atoms with Crippen LogP contribution in [0.5, 0.6) is 0 Å². The molecule has 2 nitrogen and oxygen atoms in total. The standard InChI is InChI=1S/C15H12FNO/c1-2-15(18,11-7-9-12(16)10-8-11)13-5-3-4-6-14(13)17/h1,3-10,18H,17H2. The van der Waals surface area contributed by atoms with Crippen molar-refractivity contribution in [2.24, 2.45) is 0 Å². The SMILES string of the molecule is C#CC(O)(c1ccc(F)cc1)c1ccccc1N. The Morgan fingerprint density at radius 1 is 1.11 bits per heavy atom. The Kier molecular flexibility index (Phi) is 3.05. The lowest BCUT2D eigenvalue weighted by molar-refractivity contribution is 0.146. The van der Waals surface area contributed by atoms with Gasteiger partial charge in [0, 0.05) is 16.8 Å². The molecule has 3 heteroatoms. The molecular weight excluding hydrogens is 229 g/mol. The maximum Gasteiger partial charge on any atom is 0.178 e. The molecule has 1 unspecified atom stereocenters. The number of anilines is 1. The summed E-state index contributed by atoms with van der Waals surface area (Å²) in [6, 6.07) is 12.2. The molecule has 2 aromatic carbocycles. The van der Waals surface area contributed by atoms with Gasteiger partial charge in [0.2, 0.25) is 0 Å². The Morgan fingerprint density at radius 3 is 2.28 bits per heavy atom. The van der Waals surface area contributed by atoms with E-state index in [1.165, 1.54) is 24.3 Å². The third kappa shape index (κ3) is 1.94. The Bertz CT molecular complexity index is 601. The highest BCUT2D eigenvalue weighted by molar-refractivity contribution is 5.57. The molecule has 0 fully saturated rings. The fraction of sp³-hybridized carbons (Fsp3) is 0.0667. The van der Waals surface area contributed by atoms with E-state index in [4.69, 9.17) is 12.2 Å². The molecule has 2 rings (SSSR count). The summed E-state index contributed by atoms with van der Waals surface area (Å²) >= 11 is 0. The lowest BCUT2D eigenvalue weighted by atomic mass is 9.86. The third-order valence-corrected chi connectivity index (χ3v) is 2.82. The van der Waals surface area contributed by atoms with Gasteiger partial charge >= 0.3 is 0 Å². The first-order valence-electron chi connectivity index (χ1n) is 5.39. The van der Waals surface area contributed by atoms with Gasteiger partial charge in [-0.05, 0) is 18.2 Å². The van der Waals surface area contributed by atoms with Crippen molar-refractivity contribution in [3.63, 3.8) is 0 Å². The largest absolute Gasteiger partial charge is 0.398 e. The minimum Gasteiger partial charge on any atom is -0.398 e. The summed E-state index contributed by atoms with van der Waals surface area (Å²) in [6.07, 6.45) is 5.43. The van der Waals surface area contributed by atoms with Crippen molar-refractivity contribution in [2.75, 3.05) is 5.73 Å². The summed E-state index contributed by atoms with van der Waals surface area (Å²) in [5, 5.41) is 10.6. The number of nitrogen functional groups attached to an aromatic ring is 1. The van der Waals surface area contributed by atoms with E-state index in [9.17, 15) is 9.50 Å². The molecule has 0 spiro atoms. The average molecular weight is 241 g/mol. The molecule has 1 atom stereocenters. The third-order valence-electron chi connectivity index (χ3n) is 2.82. The first-order valence-corrected chi connectivity index (χ1v) is 5.39. The topological polar surface area (TPSA) is 46.2 Å². The zero-order valence-corrected chi connectivity index (χ0v) is 9.60. The van der Waals surface area contributed by atoms with E-state index in [1.807, 2.05) is 0 Å². The van der Waals surface area contributed by atoms with Crippen LogP contribution >= 0.6 is 0 Å². The number of rotatable bonds is 2. The predicted octanol–water partition coefficient (Wildman–Crippen LogP) is 2.28. The molecular formula is C15H12FNO. The fourth-order valence-corrected chi connectivity index (χ4v) is 1.83. The zero-order chi connectivity index (χ0) is 13.2. The molecule has 2 aromatic rings. The van der Waals surface area contributed by atoms with Crippen molar-refractivity contribution in [2.45, 2.75) is 5.60 Å². The van der Waals surface area contributed by atoms with E-state index in [1.54, 1.807) is 24.3 Å². The quantitative estimate of drug-likeness (QED) is 0.626. The predicted molar refractivity (Wildman–Crippen MR) is 69.1 cm³/mol. The van der Waals surface area contributed by atoms with E-state index in [0.29, 0.717) is 16.8 Å². The number of aliphatic hydroxyl groups is 1. The van der Waals surface area contributed by atoms with Gasteiger partial charge in [0.25, 0.3) is 0 Å². The van der Waals surface area contributed by atoms with Gasteiger partial charge in [-0.1, -0.05) is 36.3 Å². The smallest absolute Gasteiger partial charge is 0.178 e. The molecule has 0 aliphatic carbocycles. The number of nitrogens with two attached hydrogens (primary N) is 1. The average Bonchev–Trinajstić information content (AvgIpc) is 2.39. The highest BCUT2D eigenvalue weighted by Crippen LogP contribution is 2.32. The van der Waals surface area contributed by atoms with Crippen molar-refractivity contribution >= 4 is 5.69 Å². The number of hydrogen-bond donors (Lipinski definition) is 2. The van der Waals surface area contributed by atoms with Gasteiger partial charge in [0.05, 0.1) is 0 Å². The van der Waals surface area contributed by atoms with Crippen LogP contribution in [0.1, 0.15) is 11.1 Å². The minimum absolute atomic E-state index is 0.390. The van der Waals surface area contributed by atoms with Crippen molar-refractivity contribution in [1.82, 2.24) is 0 Å². The van der Waals surface area contributed by atoms with Crippen LogP contribution in [-0.4, -0.2) is 5.11 Å². The zero-order valence-electron chi connectivity index (χ0n) is 9.60. The molecule has 0 radical (unpaired) electrons. The Hall–Kier alpha value is -2.31. The molecule has 0 bridgehead atoms. The maximum atomic E-state index is 12.9. The van der Waals surface area contributed by atoms with Crippen LogP contribution in [0.2, 0.25) is 0 Å². The molecule has 3 N–H and O–H groups in total. The van der Waals surface area contributed by atoms with Gasteiger partial charge in [0.1, 0.15) is 5.82 Å². The number of halogens is 1. The van der Waals surface area contributed by atoms with E-state index < -0.39 is 5.60 Å². The Morgan fingerprint density at radius 2 is 1.72 bits per heavy atom. The van der Waals surface area contributed by atoms with Gasteiger partial charge in [-0.25, -0.2) is 4.39 Å². The summed E-state index contributed by atoms with van der Waals surface area (Å²) in [5.74, 6) is 1.93. The number of benzene rings is 2. The van der Waals surface area contributed by atoms with Gasteiger partial charge in [-0.15, -0.1) is 6.42 Å². The lowest BCUT2D eigenvalue weighted by Crippen LogP contribution is -2.26. The molecule has 0 saturated carbocycles. The van der Waals surface area contributed by atoms with Crippen LogP contribution in [0.3, 0.4) is 0 Å². The molecule has 0 aliphatic heterocycles. The summed E-state index contributed by atoms with van der Waals surface area (Å²) in [5.41, 5.74) is 5.38. The molecule has 0 aromatic heterocycles. The number of hydrogen-bond acceptors (Lipinski definition) is 2. The normalized spacial score (nSPS) is 13.6. The van der Waals surface area contributed by atoms with E-state index in [0.717, 1.165) is 0 Å². The first kappa shape index (κ1) is 12.2. The van der Waals surface area contributed by atoms with Crippen LogP contribution in [0.25, 0.3) is 0 Å². The fourth-order valence-electron chi connectivity index (χ4n) is 1.83. The van der Waals surface area contributed by atoms with Gasteiger partial charge in [0.15, 0.2) is 5.60 Å². The van der Waals surface area contributed by atoms with Gasteiger partial charge in [-0.3, -0.25) is 0 Å². The highest BCUT2D eigenvalue weighted by atomic mass is 19.1. The molecule has 0 saturated heterocycles. The molecule has 0 heterocycles. The van der Waals surface area contributed by atoms with Crippen LogP contribution in [0.15, 0.2) is 48.5 Å². The maximum absolute atomic E-state index is 12.9. The van der Waals surface area contributed by atoms with E-state index >= 15 is 0 Å². The van der Waals surface area contributed by atoms with Gasteiger partial charge in [-0.2, -0.15) is 0 Å². The second kappa shape index (κ2) is 4.52. The van der Waals surface area contributed by atoms with Crippen molar-refractivity contribution in [1.29, 1.82) is 0 Å². The van der Waals surface area contributed by atoms with Crippen molar-refractivity contribution in [3.8, 4) is 12.3 Å². The second-order valence-electron chi connectivity index (χ2n) is 3.95. The van der Waals surface area contributed by atoms with Crippen LogP contribution in [0, 0.1) is 18.2 Å². The van der Waals surface area contributed by atoms with Crippen molar-refractivity contribution in [3.05, 3.63) is 65.5 Å². The lowest BCUT2D eigenvalue weighted by Gasteiger charge is -2.24. The van der Waals surface area contributed by atoms with Crippen LogP contribution in [0.4, 0.5) is 10.1 Å². The molecule has 90 valence electrons. The highest BCUT2D eigenvalue weighted by Gasteiger charge is 2.30. The molecule has 0 amide bonds. The van der Waals surface area contributed by atoms with E-state index in [2.05, 4.69) is 5.92 Å². The summed E-state index contributed by atoms with van der Waals surface area (Å²) in [6.45, 7) is 0. The first-order chi connectivity index (χ1) is 8.58. The number of terminal acetylenes is 1. The summed E-state index contributed by atoms with van der Waals surface area (Å²) in [4.78, 5) is 0. The summed E-state index contributed by atoms with van der Waals surface area (Å²) in [7, 11) is 0. The van der Waals surface area contributed by atoms with Crippen LogP contribution in [-0.2, 0) is 5.60 Å². The van der Waals surface area contributed by atoms with Crippen molar-refractivity contribution < 1.29 is 9.50 Å². The second-order valence-corrected chi connectivity index (χ2v) is 3.95. The molecule has 18 heavy (non-hydrogen) atoms. The monoisotopic (exact) mass is 241 g/mol. The summed E-state index contributed by atoms with van der Waals surface area (Å²) < 4.78 is 12.9. The number of para-hydroxylation sites is 1. The molecule has 0 aliphatic rings. The Labute approximate surface area is 105 Å². The Balaban J connectivity index is 2.60. The minimum atomic E-state index is -1.65. The van der Waals surface area contributed by atoms with Gasteiger partial charge < -0.3 is 10.8 Å². The van der Waals surface area contributed by atoms with E-state index in [-0.39, 0.29) is 5.82 Å². The van der Waals surface area contributed by atoms with Crippen LogP contribution < -0.4 is 5.73 Å².